The highest BCUT2D eigenvalue weighted by atomic mass is 16.5. The zero-order chi connectivity index (χ0) is 14.2. The summed E-state index contributed by atoms with van der Waals surface area (Å²) in [6.07, 6.45) is 2.18. The van der Waals surface area contributed by atoms with Crippen LogP contribution in [0.4, 0.5) is 0 Å². The van der Waals surface area contributed by atoms with Crippen LogP contribution in [0, 0.1) is 5.92 Å². The number of rotatable bonds is 7. The quantitative estimate of drug-likeness (QED) is 0.833. The summed E-state index contributed by atoms with van der Waals surface area (Å²) in [4.78, 5) is 0. The molecule has 0 unspecified atom stereocenters. The summed E-state index contributed by atoms with van der Waals surface area (Å²) in [6, 6.07) is 6.03. The Morgan fingerprint density at radius 2 is 2.10 bits per heavy atom. The second-order valence-electron chi connectivity index (χ2n) is 5.12. The van der Waals surface area contributed by atoms with E-state index >= 15 is 0 Å². The molecule has 1 N–H and O–H groups in total. The minimum absolute atomic E-state index is 0.599. The number of methoxy groups -OCH3 is 1. The van der Waals surface area contributed by atoms with Crippen molar-refractivity contribution in [2.75, 3.05) is 33.5 Å². The van der Waals surface area contributed by atoms with Crippen molar-refractivity contribution in [3.8, 4) is 11.5 Å². The van der Waals surface area contributed by atoms with Crippen LogP contribution in [0.25, 0.3) is 0 Å². The van der Waals surface area contributed by atoms with Gasteiger partial charge in [-0.1, -0.05) is 13.0 Å². The Balaban J connectivity index is 1.98. The van der Waals surface area contributed by atoms with Crippen LogP contribution in [0.1, 0.15) is 25.3 Å². The molecule has 0 amide bonds. The molecular weight excluding hydrogens is 254 g/mol. The lowest BCUT2D eigenvalue weighted by atomic mass is 10.0. The number of hydrogen-bond acceptors (Lipinski definition) is 4. The Morgan fingerprint density at radius 3 is 2.80 bits per heavy atom. The maximum Gasteiger partial charge on any atom is 0.127 e. The van der Waals surface area contributed by atoms with E-state index in [0.29, 0.717) is 5.92 Å². The summed E-state index contributed by atoms with van der Waals surface area (Å²) in [5.74, 6) is 2.37. The van der Waals surface area contributed by atoms with E-state index in [9.17, 15) is 0 Å². The molecule has 4 heteroatoms. The van der Waals surface area contributed by atoms with Gasteiger partial charge in [-0.15, -0.1) is 0 Å². The minimum Gasteiger partial charge on any atom is -0.497 e. The second-order valence-corrected chi connectivity index (χ2v) is 5.12. The van der Waals surface area contributed by atoms with Gasteiger partial charge in [-0.2, -0.15) is 0 Å². The summed E-state index contributed by atoms with van der Waals surface area (Å²) in [7, 11) is 1.68. The van der Waals surface area contributed by atoms with Crippen molar-refractivity contribution >= 4 is 0 Å². The molecule has 1 fully saturated rings. The van der Waals surface area contributed by atoms with Gasteiger partial charge in [0.15, 0.2) is 0 Å². The minimum atomic E-state index is 0.599. The van der Waals surface area contributed by atoms with Crippen LogP contribution in [-0.2, 0) is 11.3 Å². The molecule has 1 aromatic rings. The van der Waals surface area contributed by atoms with E-state index in [-0.39, 0.29) is 0 Å². The van der Waals surface area contributed by atoms with Crippen molar-refractivity contribution in [2.24, 2.45) is 5.92 Å². The van der Waals surface area contributed by atoms with Gasteiger partial charge < -0.3 is 19.5 Å². The van der Waals surface area contributed by atoms with Gasteiger partial charge in [-0.05, 0) is 31.4 Å². The first-order chi connectivity index (χ1) is 9.83. The lowest BCUT2D eigenvalue weighted by Gasteiger charge is -2.23. The molecule has 0 aromatic heterocycles. The Morgan fingerprint density at radius 1 is 1.30 bits per heavy atom. The van der Waals surface area contributed by atoms with Crippen LogP contribution < -0.4 is 14.8 Å². The molecule has 20 heavy (non-hydrogen) atoms. The summed E-state index contributed by atoms with van der Waals surface area (Å²) >= 11 is 0. The van der Waals surface area contributed by atoms with Crippen molar-refractivity contribution in [1.82, 2.24) is 5.32 Å². The van der Waals surface area contributed by atoms with Gasteiger partial charge in [0.1, 0.15) is 11.5 Å². The zero-order valence-electron chi connectivity index (χ0n) is 12.5. The van der Waals surface area contributed by atoms with Crippen LogP contribution >= 0.6 is 0 Å². The fraction of sp³-hybridized carbons (Fsp3) is 0.625. The van der Waals surface area contributed by atoms with Gasteiger partial charge in [-0.25, -0.2) is 0 Å². The molecule has 0 saturated carbocycles. The van der Waals surface area contributed by atoms with Gasteiger partial charge in [0.05, 0.1) is 13.7 Å². The summed E-state index contributed by atoms with van der Waals surface area (Å²) in [5.41, 5.74) is 1.18. The maximum atomic E-state index is 6.04. The summed E-state index contributed by atoms with van der Waals surface area (Å²) in [5, 5.41) is 3.34. The SMILES string of the molecule is CCNCc1ccc(OC)cc1OCC1CCOCC1. The van der Waals surface area contributed by atoms with E-state index in [2.05, 4.69) is 18.3 Å². The van der Waals surface area contributed by atoms with Gasteiger partial charge in [0.25, 0.3) is 0 Å². The highest BCUT2D eigenvalue weighted by molar-refractivity contribution is 5.40. The molecule has 2 rings (SSSR count). The topological polar surface area (TPSA) is 39.7 Å². The molecule has 1 heterocycles. The van der Waals surface area contributed by atoms with Crippen molar-refractivity contribution in [3.63, 3.8) is 0 Å². The van der Waals surface area contributed by atoms with Crippen LogP contribution in [-0.4, -0.2) is 33.5 Å². The fourth-order valence-electron chi connectivity index (χ4n) is 2.32. The standard InChI is InChI=1S/C16H25NO3/c1-3-17-11-14-4-5-15(18-2)10-16(14)20-12-13-6-8-19-9-7-13/h4-5,10,13,17H,3,6-9,11-12H2,1-2H3. The smallest absolute Gasteiger partial charge is 0.127 e. The number of nitrogens with one attached hydrogen (secondary N) is 1. The molecule has 1 saturated heterocycles. The van der Waals surface area contributed by atoms with Gasteiger partial charge in [-0.3, -0.25) is 0 Å². The fourth-order valence-corrected chi connectivity index (χ4v) is 2.32. The Bertz CT molecular complexity index is 403. The average molecular weight is 279 g/mol. The first-order valence-corrected chi connectivity index (χ1v) is 7.41. The Kier molecular flexibility index (Phi) is 6.15. The van der Waals surface area contributed by atoms with E-state index < -0.39 is 0 Å². The van der Waals surface area contributed by atoms with E-state index in [4.69, 9.17) is 14.2 Å². The van der Waals surface area contributed by atoms with Crippen molar-refractivity contribution in [1.29, 1.82) is 0 Å². The number of benzene rings is 1. The molecule has 0 atom stereocenters. The third kappa shape index (κ3) is 4.39. The number of ether oxygens (including phenoxy) is 3. The van der Waals surface area contributed by atoms with Gasteiger partial charge in [0.2, 0.25) is 0 Å². The van der Waals surface area contributed by atoms with E-state index in [1.165, 1.54) is 5.56 Å². The normalized spacial score (nSPS) is 16.1. The van der Waals surface area contributed by atoms with Crippen LogP contribution in [0.3, 0.4) is 0 Å². The Hall–Kier alpha value is -1.26. The monoisotopic (exact) mass is 279 g/mol. The van der Waals surface area contributed by atoms with E-state index in [1.807, 2.05) is 12.1 Å². The Labute approximate surface area is 121 Å². The summed E-state index contributed by atoms with van der Waals surface area (Å²) in [6.45, 7) is 6.35. The third-order valence-electron chi connectivity index (χ3n) is 3.66. The van der Waals surface area contributed by atoms with E-state index in [0.717, 1.165) is 57.3 Å². The van der Waals surface area contributed by atoms with Crippen LogP contribution in [0.2, 0.25) is 0 Å². The molecule has 0 aliphatic carbocycles. The second kappa shape index (κ2) is 8.12. The van der Waals surface area contributed by atoms with Gasteiger partial charge in [0, 0.05) is 31.4 Å². The highest BCUT2D eigenvalue weighted by Crippen LogP contribution is 2.26. The lowest BCUT2D eigenvalue weighted by Crippen LogP contribution is -2.22. The lowest BCUT2D eigenvalue weighted by molar-refractivity contribution is 0.0495. The predicted molar refractivity (Wildman–Crippen MR) is 79.4 cm³/mol. The molecule has 1 aromatic carbocycles. The van der Waals surface area contributed by atoms with Gasteiger partial charge >= 0.3 is 0 Å². The van der Waals surface area contributed by atoms with Crippen molar-refractivity contribution in [3.05, 3.63) is 23.8 Å². The predicted octanol–water partition coefficient (Wildman–Crippen LogP) is 2.61. The molecule has 0 bridgehead atoms. The highest BCUT2D eigenvalue weighted by Gasteiger charge is 2.15. The third-order valence-corrected chi connectivity index (χ3v) is 3.66. The zero-order valence-corrected chi connectivity index (χ0v) is 12.5. The number of hydrogen-bond donors (Lipinski definition) is 1. The maximum absolute atomic E-state index is 6.04. The molecular formula is C16H25NO3. The first kappa shape index (κ1) is 15.1. The van der Waals surface area contributed by atoms with E-state index in [1.54, 1.807) is 7.11 Å². The van der Waals surface area contributed by atoms with Crippen LogP contribution in [0.15, 0.2) is 18.2 Å². The first-order valence-electron chi connectivity index (χ1n) is 7.41. The molecule has 112 valence electrons. The molecule has 4 nitrogen and oxygen atoms in total. The largest absolute Gasteiger partial charge is 0.497 e. The van der Waals surface area contributed by atoms with Crippen LogP contribution in [0.5, 0.6) is 11.5 Å². The average Bonchev–Trinajstić information content (AvgIpc) is 2.52. The summed E-state index contributed by atoms with van der Waals surface area (Å²) < 4.78 is 16.7. The molecule has 1 aliphatic heterocycles. The molecule has 0 radical (unpaired) electrons. The van der Waals surface area contributed by atoms with Crippen molar-refractivity contribution < 1.29 is 14.2 Å². The molecule has 1 aliphatic rings. The van der Waals surface area contributed by atoms with Crippen molar-refractivity contribution in [2.45, 2.75) is 26.3 Å². The molecule has 0 spiro atoms.